The van der Waals surface area contributed by atoms with Crippen LogP contribution in [0.2, 0.25) is 0 Å². The molecule has 6 nitrogen and oxygen atoms in total. The van der Waals surface area contributed by atoms with E-state index >= 15 is 0 Å². The number of unbranched alkanes of at least 4 members (excludes halogenated alkanes) is 1. The molecule has 2 amide bonds. The number of amides is 2. The van der Waals surface area contributed by atoms with Crippen molar-refractivity contribution >= 4 is 23.3 Å². The minimum atomic E-state index is -0.247. The van der Waals surface area contributed by atoms with E-state index in [1.165, 1.54) is 0 Å². The molecule has 0 radical (unpaired) electrons. The third kappa shape index (κ3) is 5.31. The van der Waals surface area contributed by atoms with Crippen LogP contribution in [0.15, 0.2) is 36.5 Å². The number of nitrogens with one attached hydrogen (secondary N) is 2. The molecule has 2 aromatic rings. The van der Waals surface area contributed by atoms with Crippen LogP contribution in [0.4, 0.5) is 11.5 Å². The smallest absolute Gasteiger partial charge is 0.255 e. The summed E-state index contributed by atoms with van der Waals surface area (Å²) >= 11 is 0. The first kappa shape index (κ1) is 18.4. The van der Waals surface area contributed by atoms with Crippen LogP contribution in [-0.2, 0) is 4.79 Å². The number of benzene rings is 1. The molecule has 132 valence electrons. The maximum absolute atomic E-state index is 12.4. The second-order valence-corrected chi connectivity index (χ2v) is 5.72. The van der Waals surface area contributed by atoms with Gasteiger partial charge in [-0.2, -0.15) is 0 Å². The molecular weight excluding hydrogens is 318 g/mol. The van der Waals surface area contributed by atoms with E-state index in [9.17, 15) is 9.59 Å². The fourth-order valence-electron chi connectivity index (χ4n) is 2.26. The van der Waals surface area contributed by atoms with Gasteiger partial charge in [0.15, 0.2) is 0 Å². The highest BCUT2D eigenvalue weighted by atomic mass is 16.5. The van der Waals surface area contributed by atoms with Gasteiger partial charge < -0.3 is 15.4 Å². The van der Waals surface area contributed by atoms with Crippen LogP contribution < -0.4 is 15.4 Å². The SMILES string of the molecule is CCCCC(=O)Nc1cc(C)c(NC(=O)c2cccc(OC)c2)cn1. The normalized spacial score (nSPS) is 10.2. The zero-order chi connectivity index (χ0) is 18.2. The Morgan fingerprint density at radius 2 is 2.00 bits per heavy atom. The predicted octanol–water partition coefficient (Wildman–Crippen LogP) is 3.78. The van der Waals surface area contributed by atoms with Crippen LogP contribution >= 0.6 is 0 Å². The van der Waals surface area contributed by atoms with Crippen molar-refractivity contribution < 1.29 is 14.3 Å². The Kier molecular flexibility index (Phi) is 6.51. The van der Waals surface area contributed by atoms with E-state index in [1.54, 1.807) is 43.6 Å². The molecule has 1 aromatic carbocycles. The van der Waals surface area contributed by atoms with Gasteiger partial charge in [-0.15, -0.1) is 0 Å². The van der Waals surface area contributed by atoms with Crippen LogP contribution in [0.5, 0.6) is 5.75 Å². The standard InChI is InChI=1S/C19H23N3O3/c1-4-5-9-18(23)22-17-10-13(2)16(12-20-17)21-19(24)14-7-6-8-15(11-14)25-3/h6-8,10-12H,4-5,9H2,1-3H3,(H,21,24)(H,20,22,23). The Bertz CT molecular complexity index is 759. The molecule has 1 heterocycles. The van der Waals surface area contributed by atoms with Crippen LogP contribution in [-0.4, -0.2) is 23.9 Å². The molecule has 25 heavy (non-hydrogen) atoms. The lowest BCUT2D eigenvalue weighted by atomic mass is 10.2. The van der Waals surface area contributed by atoms with Crippen molar-refractivity contribution in [1.82, 2.24) is 4.98 Å². The van der Waals surface area contributed by atoms with Gasteiger partial charge in [0.05, 0.1) is 19.0 Å². The number of methoxy groups -OCH3 is 1. The third-order valence-corrected chi connectivity index (χ3v) is 3.72. The Balaban J connectivity index is 2.05. The van der Waals surface area contributed by atoms with Gasteiger partial charge in [-0.05, 0) is 43.2 Å². The average molecular weight is 341 g/mol. The first-order valence-electron chi connectivity index (χ1n) is 8.25. The molecule has 0 saturated carbocycles. The second kappa shape index (κ2) is 8.82. The number of nitrogens with zero attached hydrogens (tertiary/aromatic N) is 1. The van der Waals surface area contributed by atoms with E-state index in [2.05, 4.69) is 15.6 Å². The lowest BCUT2D eigenvalue weighted by molar-refractivity contribution is -0.116. The topological polar surface area (TPSA) is 80.3 Å². The summed E-state index contributed by atoms with van der Waals surface area (Å²) in [5.74, 6) is 0.802. The molecule has 0 bridgehead atoms. The van der Waals surface area contributed by atoms with E-state index in [4.69, 9.17) is 4.74 Å². The molecule has 0 atom stereocenters. The van der Waals surface area contributed by atoms with Crippen molar-refractivity contribution in [3.8, 4) is 5.75 Å². The van der Waals surface area contributed by atoms with Gasteiger partial charge in [0.1, 0.15) is 11.6 Å². The molecule has 6 heteroatoms. The second-order valence-electron chi connectivity index (χ2n) is 5.72. The van der Waals surface area contributed by atoms with E-state index in [0.717, 1.165) is 18.4 Å². The number of ether oxygens (including phenoxy) is 1. The van der Waals surface area contributed by atoms with E-state index in [-0.39, 0.29) is 11.8 Å². The number of carbonyl (C=O) groups excluding carboxylic acids is 2. The van der Waals surface area contributed by atoms with Gasteiger partial charge >= 0.3 is 0 Å². The van der Waals surface area contributed by atoms with Crippen LogP contribution in [0, 0.1) is 6.92 Å². The first-order valence-corrected chi connectivity index (χ1v) is 8.25. The van der Waals surface area contributed by atoms with Crippen molar-refractivity contribution in [3.05, 3.63) is 47.7 Å². The number of carbonyl (C=O) groups is 2. The molecule has 0 fully saturated rings. The molecule has 0 saturated heterocycles. The summed E-state index contributed by atoms with van der Waals surface area (Å²) in [6.45, 7) is 3.89. The third-order valence-electron chi connectivity index (χ3n) is 3.72. The zero-order valence-electron chi connectivity index (χ0n) is 14.8. The van der Waals surface area contributed by atoms with Gasteiger partial charge in [-0.25, -0.2) is 4.98 Å². The van der Waals surface area contributed by atoms with E-state index in [0.29, 0.717) is 29.2 Å². The quantitative estimate of drug-likeness (QED) is 0.803. The number of aryl methyl sites for hydroxylation is 1. The summed E-state index contributed by atoms with van der Waals surface area (Å²) in [6.07, 6.45) is 3.84. The van der Waals surface area contributed by atoms with Gasteiger partial charge in [-0.3, -0.25) is 9.59 Å². The van der Waals surface area contributed by atoms with Crippen molar-refractivity contribution in [3.63, 3.8) is 0 Å². The summed E-state index contributed by atoms with van der Waals surface area (Å²) < 4.78 is 5.13. The Morgan fingerprint density at radius 3 is 2.68 bits per heavy atom. The van der Waals surface area contributed by atoms with Crippen LogP contribution in [0.3, 0.4) is 0 Å². The molecule has 0 aliphatic rings. The van der Waals surface area contributed by atoms with Crippen LogP contribution in [0.1, 0.15) is 42.1 Å². The fourth-order valence-corrected chi connectivity index (χ4v) is 2.26. The summed E-state index contributed by atoms with van der Waals surface area (Å²) in [5, 5.41) is 5.59. The summed E-state index contributed by atoms with van der Waals surface area (Å²) in [5.41, 5.74) is 1.91. The fraction of sp³-hybridized carbons (Fsp3) is 0.316. The van der Waals surface area contributed by atoms with Crippen molar-refractivity contribution in [2.45, 2.75) is 33.1 Å². The van der Waals surface area contributed by atoms with Gasteiger partial charge in [-0.1, -0.05) is 19.4 Å². The number of rotatable bonds is 7. The van der Waals surface area contributed by atoms with Gasteiger partial charge in [0.2, 0.25) is 5.91 Å². The van der Waals surface area contributed by atoms with E-state index < -0.39 is 0 Å². The summed E-state index contributed by atoms with van der Waals surface area (Å²) in [4.78, 5) is 28.3. The van der Waals surface area contributed by atoms with Gasteiger partial charge in [0.25, 0.3) is 5.91 Å². The molecular formula is C19H23N3O3. The molecule has 1 aromatic heterocycles. The predicted molar refractivity (Wildman–Crippen MR) is 98.1 cm³/mol. The highest BCUT2D eigenvalue weighted by Gasteiger charge is 2.10. The summed E-state index contributed by atoms with van der Waals surface area (Å²) in [6, 6.07) is 8.65. The Labute approximate surface area is 147 Å². The minimum Gasteiger partial charge on any atom is -0.497 e. The van der Waals surface area contributed by atoms with Crippen molar-refractivity contribution in [2.75, 3.05) is 17.7 Å². The molecule has 0 unspecified atom stereocenters. The highest BCUT2D eigenvalue weighted by molar-refractivity contribution is 6.04. The average Bonchev–Trinajstić information content (AvgIpc) is 2.62. The first-order chi connectivity index (χ1) is 12.0. The molecule has 2 N–H and O–H groups in total. The number of pyridine rings is 1. The molecule has 0 aliphatic heterocycles. The highest BCUT2D eigenvalue weighted by Crippen LogP contribution is 2.19. The lowest BCUT2D eigenvalue weighted by Gasteiger charge is -2.11. The monoisotopic (exact) mass is 341 g/mol. The maximum atomic E-state index is 12.4. The number of hydrogen-bond donors (Lipinski definition) is 2. The van der Waals surface area contributed by atoms with Gasteiger partial charge in [0, 0.05) is 12.0 Å². The number of hydrogen-bond acceptors (Lipinski definition) is 4. The zero-order valence-corrected chi connectivity index (χ0v) is 14.8. The number of anilines is 2. The lowest BCUT2D eigenvalue weighted by Crippen LogP contribution is -2.15. The minimum absolute atomic E-state index is 0.0538. The summed E-state index contributed by atoms with van der Waals surface area (Å²) in [7, 11) is 1.55. The molecule has 2 rings (SSSR count). The maximum Gasteiger partial charge on any atom is 0.255 e. The van der Waals surface area contributed by atoms with Crippen LogP contribution in [0.25, 0.3) is 0 Å². The number of aromatic nitrogens is 1. The van der Waals surface area contributed by atoms with Crippen molar-refractivity contribution in [2.24, 2.45) is 0 Å². The molecule has 0 spiro atoms. The Hall–Kier alpha value is -2.89. The largest absolute Gasteiger partial charge is 0.497 e. The molecule has 0 aliphatic carbocycles. The Morgan fingerprint density at radius 1 is 1.20 bits per heavy atom. The van der Waals surface area contributed by atoms with E-state index in [1.807, 2.05) is 13.8 Å². The van der Waals surface area contributed by atoms with Crippen molar-refractivity contribution in [1.29, 1.82) is 0 Å².